The van der Waals surface area contributed by atoms with Crippen LogP contribution >= 0.6 is 11.8 Å². The number of nitro groups is 1. The molecule has 0 aliphatic rings. The lowest BCUT2D eigenvalue weighted by atomic mass is 10.5. The highest BCUT2D eigenvalue weighted by atomic mass is 32.2. The smallest absolute Gasteiger partial charge is 0.343 e. The number of anilines is 1. The molecule has 0 saturated carbocycles. The van der Waals surface area contributed by atoms with Gasteiger partial charge in [0.2, 0.25) is 5.82 Å². The summed E-state index contributed by atoms with van der Waals surface area (Å²) in [5, 5.41) is 11.1. The van der Waals surface area contributed by atoms with Crippen LogP contribution in [0.5, 0.6) is 0 Å². The maximum Gasteiger partial charge on any atom is 0.343 e. The largest absolute Gasteiger partial charge is 0.378 e. The number of aryl methyl sites for hydroxylation is 1. The van der Waals surface area contributed by atoms with E-state index in [2.05, 4.69) is 19.9 Å². The molecule has 0 atom stereocenters. The van der Waals surface area contributed by atoms with Crippen molar-refractivity contribution in [3.63, 3.8) is 0 Å². The van der Waals surface area contributed by atoms with E-state index in [4.69, 9.17) is 5.73 Å². The van der Waals surface area contributed by atoms with Crippen LogP contribution in [-0.2, 0) is 0 Å². The molecule has 0 unspecified atom stereocenters. The highest BCUT2D eigenvalue weighted by Gasteiger charge is 2.22. The van der Waals surface area contributed by atoms with E-state index in [0.717, 1.165) is 18.1 Å². The molecule has 0 spiro atoms. The van der Waals surface area contributed by atoms with Crippen LogP contribution in [0.4, 0.5) is 11.5 Å². The van der Waals surface area contributed by atoms with Crippen LogP contribution in [0.25, 0.3) is 0 Å². The fourth-order valence-corrected chi connectivity index (χ4v) is 2.21. The quantitative estimate of drug-likeness (QED) is 0.358. The molecule has 0 aliphatic heterocycles. The Morgan fingerprint density at radius 1 is 1.47 bits per heavy atom. The standard InChI is InChI=1S/C9H8N6O3S/c1-4-2-5(16)14-9(13-4)19-8-6(15(17)18)7(10)11-3-12-8/h2-3H,1H3,(H2,10,11,12)(H,13,14,16). The third-order valence-corrected chi connectivity index (χ3v) is 2.92. The maximum atomic E-state index is 11.3. The molecule has 0 fully saturated rings. The second-order valence-corrected chi connectivity index (χ2v) is 4.44. The molecule has 2 heterocycles. The first-order valence-corrected chi connectivity index (χ1v) is 5.79. The van der Waals surface area contributed by atoms with Crippen molar-refractivity contribution in [2.75, 3.05) is 5.73 Å². The van der Waals surface area contributed by atoms with E-state index in [1.165, 1.54) is 6.07 Å². The minimum absolute atomic E-state index is 0.0197. The molecule has 10 heteroatoms. The third-order valence-electron chi connectivity index (χ3n) is 2.04. The van der Waals surface area contributed by atoms with Crippen molar-refractivity contribution in [2.24, 2.45) is 0 Å². The van der Waals surface area contributed by atoms with Crippen LogP contribution in [0.3, 0.4) is 0 Å². The van der Waals surface area contributed by atoms with E-state index in [1.807, 2.05) is 0 Å². The van der Waals surface area contributed by atoms with Gasteiger partial charge in [-0.15, -0.1) is 0 Å². The predicted molar refractivity (Wildman–Crippen MR) is 66.8 cm³/mol. The summed E-state index contributed by atoms with van der Waals surface area (Å²) in [6.07, 6.45) is 1.11. The molecule has 0 aromatic carbocycles. The third kappa shape index (κ3) is 2.85. The fourth-order valence-electron chi connectivity index (χ4n) is 1.31. The monoisotopic (exact) mass is 280 g/mol. The Morgan fingerprint density at radius 2 is 2.21 bits per heavy atom. The molecule has 2 aromatic rings. The SMILES string of the molecule is Cc1cc(=O)[nH]c(Sc2ncnc(N)c2[N+](=O)[O-])n1. The number of nitrogens with one attached hydrogen (secondary N) is 1. The number of nitrogens with two attached hydrogens (primary N) is 1. The van der Waals surface area contributed by atoms with E-state index in [9.17, 15) is 14.9 Å². The Labute approximate surface area is 110 Å². The van der Waals surface area contributed by atoms with Gasteiger partial charge in [0.25, 0.3) is 5.56 Å². The lowest BCUT2D eigenvalue weighted by Crippen LogP contribution is -2.08. The molecule has 0 aliphatic carbocycles. The second-order valence-electron chi connectivity index (χ2n) is 3.46. The van der Waals surface area contributed by atoms with Crippen LogP contribution in [0, 0.1) is 17.0 Å². The van der Waals surface area contributed by atoms with E-state index in [-0.39, 0.29) is 21.6 Å². The van der Waals surface area contributed by atoms with Gasteiger partial charge in [0, 0.05) is 11.8 Å². The normalized spacial score (nSPS) is 10.4. The molecule has 3 N–H and O–H groups in total. The predicted octanol–water partition coefficient (Wildman–Crippen LogP) is 0.510. The summed E-state index contributed by atoms with van der Waals surface area (Å²) in [4.78, 5) is 35.4. The molecule has 98 valence electrons. The lowest BCUT2D eigenvalue weighted by molar-refractivity contribution is -0.387. The molecule has 2 aromatic heterocycles. The van der Waals surface area contributed by atoms with Crippen molar-refractivity contribution in [3.05, 3.63) is 38.6 Å². The Kier molecular flexibility index (Phi) is 3.42. The van der Waals surface area contributed by atoms with Gasteiger partial charge in [-0.1, -0.05) is 0 Å². The highest BCUT2D eigenvalue weighted by molar-refractivity contribution is 7.99. The molecule has 9 nitrogen and oxygen atoms in total. The average Bonchev–Trinajstić information content (AvgIpc) is 2.26. The molecule has 2 rings (SSSR count). The lowest BCUT2D eigenvalue weighted by Gasteiger charge is -2.02. The van der Waals surface area contributed by atoms with Gasteiger partial charge >= 0.3 is 5.69 Å². The zero-order chi connectivity index (χ0) is 14.0. The van der Waals surface area contributed by atoms with Gasteiger partial charge in [-0.25, -0.2) is 15.0 Å². The molecule has 0 amide bonds. The average molecular weight is 280 g/mol. The first-order chi connectivity index (χ1) is 8.97. The number of nitrogens with zero attached hydrogens (tertiary/aromatic N) is 4. The molecular weight excluding hydrogens is 272 g/mol. The van der Waals surface area contributed by atoms with Gasteiger partial charge in [-0.2, -0.15) is 0 Å². The summed E-state index contributed by atoms with van der Waals surface area (Å²) < 4.78 is 0. The first-order valence-electron chi connectivity index (χ1n) is 4.98. The molecule has 19 heavy (non-hydrogen) atoms. The molecule has 0 bridgehead atoms. The van der Waals surface area contributed by atoms with Crippen molar-refractivity contribution in [1.29, 1.82) is 0 Å². The first kappa shape index (κ1) is 13.0. The van der Waals surface area contributed by atoms with Gasteiger partial charge in [0.15, 0.2) is 10.2 Å². The molecule has 0 radical (unpaired) electrons. The summed E-state index contributed by atoms with van der Waals surface area (Å²) in [5.41, 5.74) is 5.18. The topological polar surface area (TPSA) is 141 Å². The van der Waals surface area contributed by atoms with Gasteiger partial charge in [-0.3, -0.25) is 14.9 Å². The van der Waals surface area contributed by atoms with Gasteiger partial charge < -0.3 is 10.7 Å². The van der Waals surface area contributed by atoms with Crippen LogP contribution < -0.4 is 11.3 Å². The molecule has 0 saturated heterocycles. The minimum Gasteiger partial charge on any atom is -0.378 e. The number of nitrogen functional groups attached to an aromatic ring is 1. The minimum atomic E-state index is -0.675. The van der Waals surface area contributed by atoms with E-state index >= 15 is 0 Å². The zero-order valence-corrected chi connectivity index (χ0v) is 10.5. The summed E-state index contributed by atoms with van der Waals surface area (Å²) >= 11 is 0.846. The van der Waals surface area contributed by atoms with Gasteiger partial charge in [-0.05, 0) is 18.7 Å². The zero-order valence-electron chi connectivity index (χ0n) is 9.65. The van der Waals surface area contributed by atoms with Crippen LogP contribution in [0.2, 0.25) is 0 Å². The number of H-pyrrole nitrogens is 1. The number of aromatic amines is 1. The Hall–Kier alpha value is -2.49. The van der Waals surface area contributed by atoms with Crippen LogP contribution in [0.15, 0.2) is 27.4 Å². The van der Waals surface area contributed by atoms with Gasteiger partial charge in [0.05, 0.1) is 4.92 Å². The Bertz CT molecular complexity index is 701. The molecular formula is C9H8N6O3S. The number of hydrogen-bond donors (Lipinski definition) is 2. The van der Waals surface area contributed by atoms with Crippen molar-refractivity contribution >= 4 is 23.3 Å². The van der Waals surface area contributed by atoms with Crippen molar-refractivity contribution in [2.45, 2.75) is 17.1 Å². The maximum absolute atomic E-state index is 11.3. The van der Waals surface area contributed by atoms with Crippen molar-refractivity contribution in [1.82, 2.24) is 19.9 Å². The fraction of sp³-hybridized carbons (Fsp3) is 0.111. The van der Waals surface area contributed by atoms with Crippen molar-refractivity contribution < 1.29 is 4.92 Å². The van der Waals surface area contributed by atoms with E-state index < -0.39 is 10.6 Å². The number of rotatable bonds is 3. The second kappa shape index (κ2) is 5.02. The Morgan fingerprint density at radius 3 is 2.84 bits per heavy atom. The highest BCUT2D eigenvalue weighted by Crippen LogP contribution is 2.33. The number of aromatic nitrogens is 4. The van der Waals surface area contributed by atoms with Crippen molar-refractivity contribution in [3.8, 4) is 0 Å². The Balaban J connectivity index is 2.46. The van der Waals surface area contributed by atoms with Crippen LogP contribution in [0.1, 0.15) is 5.69 Å². The summed E-state index contributed by atoms with van der Waals surface area (Å²) in [5.74, 6) is -0.238. The van der Waals surface area contributed by atoms with E-state index in [1.54, 1.807) is 6.92 Å². The number of hydrogen-bond acceptors (Lipinski definition) is 8. The summed E-state index contributed by atoms with van der Waals surface area (Å²) in [7, 11) is 0. The van der Waals surface area contributed by atoms with Gasteiger partial charge in [0.1, 0.15) is 6.33 Å². The van der Waals surface area contributed by atoms with Crippen LogP contribution in [-0.4, -0.2) is 24.9 Å². The summed E-state index contributed by atoms with van der Waals surface area (Å²) in [6.45, 7) is 1.64. The van der Waals surface area contributed by atoms with E-state index in [0.29, 0.717) is 5.69 Å². The summed E-state index contributed by atoms with van der Waals surface area (Å²) in [6, 6.07) is 1.31.